The van der Waals surface area contributed by atoms with Crippen molar-refractivity contribution >= 4 is 18.0 Å². The number of rotatable bonds is 6. The number of carbonyl (C=O) groups is 3. The first kappa shape index (κ1) is 21.2. The predicted molar refractivity (Wildman–Crippen MR) is 110 cm³/mol. The monoisotopic (exact) mass is 411 g/mol. The van der Waals surface area contributed by atoms with Crippen LogP contribution in [0, 0.1) is 13.8 Å². The number of amides is 2. The molecular weight excluding hydrogens is 386 g/mol. The van der Waals surface area contributed by atoms with Gasteiger partial charge in [-0.05, 0) is 64.1 Å². The lowest BCUT2D eigenvalue weighted by Crippen LogP contribution is -2.50. The third-order valence-electron chi connectivity index (χ3n) is 4.85. The van der Waals surface area contributed by atoms with Gasteiger partial charge in [0.1, 0.15) is 6.61 Å². The second kappa shape index (κ2) is 8.86. The van der Waals surface area contributed by atoms with E-state index in [0.717, 1.165) is 17.1 Å². The molecule has 0 fully saturated rings. The van der Waals surface area contributed by atoms with Crippen molar-refractivity contribution in [1.82, 2.24) is 15.2 Å². The van der Waals surface area contributed by atoms with Gasteiger partial charge in [0, 0.05) is 17.1 Å². The Labute approximate surface area is 174 Å². The molecule has 1 aromatic heterocycles. The van der Waals surface area contributed by atoms with Crippen LogP contribution in [0.15, 0.2) is 47.7 Å². The Morgan fingerprint density at radius 1 is 1.00 bits per heavy atom. The van der Waals surface area contributed by atoms with Crippen LogP contribution in [-0.4, -0.2) is 41.8 Å². The summed E-state index contributed by atoms with van der Waals surface area (Å²) >= 11 is 0. The van der Waals surface area contributed by atoms with Crippen LogP contribution in [0.25, 0.3) is 5.69 Å². The molecule has 0 spiro atoms. The summed E-state index contributed by atoms with van der Waals surface area (Å²) in [5.74, 6) is -1.12. The van der Waals surface area contributed by atoms with Crippen LogP contribution in [0.2, 0.25) is 0 Å². The number of urea groups is 1. The molecule has 0 saturated heterocycles. The van der Waals surface area contributed by atoms with Crippen molar-refractivity contribution in [2.24, 2.45) is 0 Å². The molecule has 30 heavy (non-hydrogen) atoms. The van der Waals surface area contributed by atoms with Gasteiger partial charge in [0.05, 0.1) is 29.5 Å². The molecule has 0 aliphatic carbocycles. The number of nitrogens with zero attached hydrogens (tertiary/aromatic N) is 1. The molecular formula is C22H25N3O5. The number of hydrogen-bond acceptors (Lipinski definition) is 5. The Morgan fingerprint density at radius 3 is 2.23 bits per heavy atom. The van der Waals surface area contributed by atoms with Crippen LogP contribution >= 0.6 is 0 Å². The number of hydrogen-bond donors (Lipinski definition) is 2. The summed E-state index contributed by atoms with van der Waals surface area (Å²) in [6.45, 7) is 7.33. The zero-order valence-electron chi connectivity index (χ0n) is 17.4. The molecule has 2 N–H and O–H groups in total. The van der Waals surface area contributed by atoms with Crippen molar-refractivity contribution in [2.75, 3.05) is 13.2 Å². The van der Waals surface area contributed by atoms with Crippen molar-refractivity contribution in [3.63, 3.8) is 0 Å². The predicted octanol–water partition coefficient (Wildman–Crippen LogP) is 2.77. The lowest BCUT2D eigenvalue weighted by Gasteiger charge is -2.26. The van der Waals surface area contributed by atoms with E-state index in [1.54, 1.807) is 26.0 Å². The third kappa shape index (κ3) is 4.37. The SMILES string of the molecule is CCOC(=O)C1=C(COC(=O)c2ccc(-n3c(C)ccc3C)cc2)NC(=O)N[C@@H]1C. The van der Waals surface area contributed by atoms with Crippen LogP contribution in [0.3, 0.4) is 0 Å². The van der Waals surface area contributed by atoms with Gasteiger partial charge in [-0.2, -0.15) is 0 Å². The van der Waals surface area contributed by atoms with Gasteiger partial charge in [-0.1, -0.05) is 0 Å². The van der Waals surface area contributed by atoms with Crippen molar-refractivity contribution in [3.8, 4) is 5.69 Å². The zero-order chi connectivity index (χ0) is 21.8. The Balaban J connectivity index is 1.74. The molecule has 0 unspecified atom stereocenters. The average Bonchev–Trinajstić information content (AvgIpc) is 3.04. The molecule has 1 aliphatic heterocycles. The first-order chi connectivity index (χ1) is 14.3. The van der Waals surface area contributed by atoms with E-state index in [4.69, 9.17) is 9.47 Å². The fourth-order valence-electron chi connectivity index (χ4n) is 3.44. The van der Waals surface area contributed by atoms with Crippen molar-refractivity contribution in [1.29, 1.82) is 0 Å². The number of aromatic nitrogens is 1. The van der Waals surface area contributed by atoms with Gasteiger partial charge in [-0.25, -0.2) is 14.4 Å². The molecule has 0 saturated carbocycles. The molecule has 8 nitrogen and oxygen atoms in total. The highest BCUT2D eigenvalue weighted by molar-refractivity contribution is 5.95. The van der Waals surface area contributed by atoms with Gasteiger partial charge in [-0.3, -0.25) is 0 Å². The normalized spacial score (nSPS) is 16.0. The molecule has 2 amide bonds. The van der Waals surface area contributed by atoms with E-state index < -0.39 is 24.0 Å². The van der Waals surface area contributed by atoms with Crippen molar-refractivity contribution < 1.29 is 23.9 Å². The maximum Gasteiger partial charge on any atom is 0.338 e. The maximum absolute atomic E-state index is 12.5. The zero-order valence-corrected chi connectivity index (χ0v) is 17.4. The summed E-state index contributed by atoms with van der Waals surface area (Å²) in [5.41, 5.74) is 3.95. The minimum Gasteiger partial charge on any atom is -0.463 e. The van der Waals surface area contributed by atoms with E-state index in [-0.39, 0.29) is 24.5 Å². The van der Waals surface area contributed by atoms with Gasteiger partial charge in [0.25, 0.3) is 0 Å². The summed E-state index contributed by atoms with van der Waals surface area (Å²) < 4.78 is 12.5. The molecule has 2 aromatic rings. The molecule has 2 heterocycles. The number of aryl methyl sites for hydroxylation is 2. The standard InChI is InChI=1S/C22H25N3O5/c1-5-29-21(27)19-15(4)23-22(28)24-18(19)12-30-20(26)16-8-10-17(11-9-16)25-13(2)6-7-14(25)3/h6-11,15H,5,12H2,1-4H3,(H2,23,24,28)/t15-/m1/s1. The average molecular weight is 411 g/mol. The van der Waals surface area contributed by atoms with Gasteiger partial charge in [0.15, 0.2) is 0 Å². The highest BCUT2D eigenvalue weighted by Crippen LogP contribution is 2.18. The summed E-state index contributed by atoms with van der Waals surface area (Å²) in [5, 5.41) is 5.13. The minimum absolute atomic E-state index is 0.197. The van der Waals surface area contributed by atoms with E-state index in [9.17, 15) is 14.4 Å². The first-order valence-corrected chi connectivity index (χ1v) is 9.72. The lowest BCUT2D eigenvalue weighted by atomic mass is 10.0. The van der Waals surface area contributed by atoms with Crippen LogP contribution in [0.5, 0.6) is 0 Å². The van der Waals surface area contributed by atoms with Crippen molar-refractivity contribution in [3.05, 3.63) is 64.6 Å². The van der Waals surface area contributed by atoms with E-state index in [1.165, 1.54) is 0 Å². The van der Waals surface area contributed by atoms with E-state index in [2.05, 4.69) is 15.2 Å². The highest BCUT2D eigenvalue weighted by Gasteiger charge is 2.30. The second-order valence-corrected chi connectivity index (χ2v) is 7.01. The molecule has 0 bridgehead atoms. The van der Waals surface area contributed by atoms with Gasteiger partial charge >= 0.3 is 18.0 Å². The lowest BCUT2D eigenvalue weighted by molar-refractivity contribution is -0.139. The third-order valence-corrected chi connectivity index (χ3v) is 4.85. The number of ether oxygens (including phenoxy) is 2. The fourth-order valence-corrected chi connectivity index (χ4v) is 3.44. The summed E-state index contributed by atoms with van der Waals surface area (Å²) in [6.07, 6.45) is 0. The molecule has 0 radical (unpaired) electrons. The molecule has 8 heteroatoms. The van der Waals surface area contributed by atoms with Crippen LogP contribution in [-0.2, 0) is 14.3 Å². The van der Waals surface area contributed by atoms with Crippen LogP contribution in [0.1, 0.15) is 35.6 Å². The fraction of sp³-hybridized carbons (Fsp3) is 0.318. The highest BCUT2D eigenvalue weighted by atomic mass is 16.5. The summed E-state index contributed by atoms with van der Waals surface area (Å²) in [6, 6.07) is 10.1. The second-order valence-electron chi connectivity index (χ2n) is 7.01. The van der Waals surface area contributed by atoms with Crippen LogP contribution < -0.4 is 10.6 Å². The molecule has 158 valence electrons. The Morgan fingerprint density at radius 2 is 1.63 bits per heavy atom. The topological polar surface area (TPSA) is 98.7 Å². The van der Waals surface area contributed by atoms with E-state index >= 15 is 0 Å². The summed E-state index contributed by atoms with van der Waals surface area (Å²) in [4.78, 5) is 36.5. The van der Waals surface area contributed by atoms with Gasteiger partial charge < -0.3 is 24.7 Å². The first-order valence-electron chi connectivity index (χ1n) is 9.72. The largest absolute Gasteiger partial charge is 0.463 e. The van der Waals surface area contributed by atoms with E-state index in [0.29, 0.717) is 5.56 Å². The summed E-state index contributed by atoms with van der Waals surface area (Å²) in [7, 11) is 0. The number of nitrogens with one attached hydrogen (secondary N) is 2. The number of benzene rings is 1. The van der Waals surface area contributed by atoms with Gasteiger partial charge in [0.2, 0.25) is 0 Å². The smallest absolute Gasteiger partial charge is 0.338 e. The number of esters is 2. The Hall–Kier alpha value is -3.55. The molecule has 1 aromatic carbocycles. The molecule has 1 atom stereocenters. The molecule has 3 rings (SSSR count). The Kier molecular flexibility index (Phi) is 6.25. The van der Waals surface area contributed by atoms with Crippen molar-refractivity contribution in [2.45, 2.75) is 33.7 Å². The van der Waals surface area contributed by atoms with Gasteiger partial charge in [-0.15, -0.1) is 0 Å². The molecule has 1 aliphatic rings. The minimum atomic E-state index is -0.564. The quantitative estimate of drug-likeness (QED) is 0.712. The van der Waals surface area contributed by atoms with Crippen LogP contribution in [0.4, 0.5) is 4.79 Å². The Bertz CT molecular complexity index is 985. The number of carbonyl (C=O) groups excluding carboxylic acids is 3. The maximum atomic E-state index is 12.5. The van der Waals surface area contributed by atoms with E-state index in [1.807, 2.05) is 38.1 Å².